The second-order valence-corrected chi connectivity index (χ2v) is 7.79. The number of halogens is 1. The first kappa shape index (κ1) is 21.2. The third-order valence-corrected chi connectivity index (χ3v) is 5.45. The maximum atomic E-state index is 12.9. The van der Waals surface area contributed by atoms with Gasteiger partial charge in [0.05, 0.1) is 13.7 Å². The van der Waals surface area contributed by atoms with Gasteiger partial charge in [0.2, 0.25) is 15.9 Å². The number of aliphatic hydroxyl groups excluding tert-OH is 1. The van der Waals surface area contributed by atoms with E-state index in [0.717, 1.165) is 5.56 Å². The van der Waals surface area contributed by atoms with Gasteiger partial charge in [0.25, 0.3) is 0 Å². The number of sulfonamides is 1. The average Bonchev–Trinajstić information content (AvgIpc) is 2.66. The Labute approximate surface area is 163 Å². The molecule has 146 valence electrons. The van der Waals surface area contributed by atoms with E-state index in [1.54, 1.807) is 24.3 Å². The molecular weight excluding hydrogens is 392 g/mol. The maximum absolute atomic E-state index is 12.9. The molecule has 2 aromatic rings. The molecule has 7 nitrogen and oxygen atoms in total. The molecule has 9 heteroatoms. The molecule has 3 N–H and O–H groups in total. The zero-order chi connectivity index (χ0) is 19.9. The van der Waals surface area contributed by atoms with Crippen LogP contribution in [-0.2, 0) is 21.2 Å². The predicted molar refractivity (Wildman–Crippen MR) is 102 cm³/mol. The summed E-state index contributed by atoms with van der Waals surface area (Å²) in [7, 11) is -2.75. The van der Waals surface area contributed by atoms with Crippen LogP contribution in [0.5, 0.6) is 5.75 Å². The minimum absolute atomic E-state index is 0.0202. The van der Waals surface area contributed by atoms with E-state index in [1.807, 2.05) is 6.07 Å². The van der Waals surface area contributed by atoms with Crippen molar-refractivity contribution in [3.63, 3.8) is 0 Å². The van der Waals surface area contributed by atoms with Gasteiger partial charge >= 0.3 is 0 Å². The first-order valence-electron chi connectivity index (χ1n) is 8.15. The lowest BCUT2D eigenvalue weighted by Gasteiger charge is -2.19. The molecular formula is C18H21ClN2O5S. The summed E-state index contributed by atoms with van der Waals surface area (Å²) in [5.41, 5.74) is 0.780. The van der Waals surface area contributed by atoms with Gasteiger partial charge in [-0.1, -0.05) is 41.9 Å². The number of amides is 1. The topological polar surface area (TPSA) is 105 Å². The van der Waals surface area contributed by atoms with E-state index in [1.165, 1.54) is 25.3 Å². The molecule has 0 aliphatic heterocycles. The molecule has 2 aromatic carbocycles. The van der Waals surface area contributed by atoms with E-state index in [4.69, 9.17) is 21.4 Å². The Balaban J connectivity index is 2.32. The van der Waals surface area contributed by atoms with Crippen LogP contribution in [0.4, 0.5) is 0 Å². The maximum Gasteiger partial charge on any atom is 0.245 e. The van der Waals surface area contributed by atoms with Crippen molar-refractivity contribution in [3.05, 3.63) is 59.1 Å². The molecule has 0 bridgehead atoms. The number of benzene rings is 2. The highest BCUT2D eigenvalue weighted by Crippen LogP contribution is 2.27. The number of methoxy groups -OCH3 is 1. The van der Waals surface area contributed by atoms with Crippen molar-refractivity contribution >= 4 is 27.5 Å². The van der Waals surface area contributed by atoms with Gasteiger partial charge in [-0.3, -0.25) is 4.79 Å². The summed E-state index contributed by atoms with van der Waals surface area (Å²) in [5.74, 6) is -0.432. The summed E-state index contributed by atoms with van der Waals surface area (Å²) >= 11 is 5.92. The van der Waals surface area contributed by atoms with Crippen LogP contribution in [0, 0.1) is 0 Å². The van der Waals surface area contributed by atoms with Crippen molar-refractivity contribution in [2.24, 2.45) is 0 Å². The Morgan fingerprint density at radius 1 is 1.22 bits per heavy atom. The molecule has 0 heterocycles. The Kier molecular flexibility index (Phi) is 7.61. The van der Waals surface area contributed by atoms with Crippen molar-refractivity contribution in [3.8, 4) is 5.75 Å². The lowest BCUT2D eigenvalue weighted by molar-refractivity contribution is -0.122. The van der Waals surface area contributed by atoms with Gasteiger partial charge in [0, 0.05) is 11.6 Å². The second-order valence-electron chi connectivity index (χ2n) is 5.67. The molecule has 2 rings (SSSR count). The Bertz CT molecular complexity index is 875. The quantitative estimate of drug-likeness (QED) is 0.576. The van der Waals surface area contributed by atoms with Crippen LogP contribution in [0.15, 0.2) is 53.4 Å². The smallest absolute Gasteiger partial charge is 0.245 e. The van der Waals surface area contributed by atoms with Gasteiger partial charge in [0.15, 0.2) is 0 Å². The molecule has 0 radical (unpaired) electrons. The highest BCUT2D eigenvalue weighted by molar-refractivity contribution is 7.89. The highest BCUT2D eigenvalue weighted by Gasteiger charge is 2.28. The number of hydrogen-bond acceptors (Lipinski definition) is 5. The summed E-state index contributed by atoms with van der Waals surface area (Å²) < 4.78 is 33.2. The highest BCUT2D eigenvalue weighted by atomic mass is 35.5. The molecule has 0 spiro atoms. The fourth-order valence-corrected chi connectivity index (χ4v) is 4.08. The standard InChI is InChI=1S/C18H21ClN2O5S/c1-26-16-8-7-14(19)12-17(16)27(24,25)21-15(18(23)20-9-10-22)11-13-5-3-2-4-6-13/h2-8,12,15,21-22H,9-11H2,1H3,(H,20,23)/t15-/m0/s1. The number of carbonyl (C=O) groups is 1. The minimum atomic E-state index is -4.10. The van der Waals surface area contributed by atoms with E-state index >= 15 is 0 Å². The first-order chi connectivity index (χ1) is 12.9. The van der Waals surface area contributed by atoms with Crippen molar-refractivity contribution in [2.45, 2.75) is 17.4 Å². The third-order valence-electron chi connectivity index (χ3n) is 3.72. The summed E-state index contributed by atoms with van der Waals surface area (Å²) in [5, 5.41) is 11.6. The summed E-state index contributed by atoms with van der Waals surface area (Å²) in [6.07, 6.45) is 0.139. The Morgan fingerprint density at radius 3 is 2.56 bits per heavy atom. The van der Waals surface area contributed by atoms with Crippen LogP contribution in [0.1, 0.15) is 5.56 Å². The number of hydrogen-bond donors (Lipinski definition) is 3. The van der Waals surface area contributed by atoms with Gasteiger partial charge in [-0.15, -0.1) is 0 Å². The number of carbonyl (C=O) groups excluding carboxylic acids is 1. The van der Waals surface area contributed by atoms with E-state index in [0.29, 0.717) is 0 Å². The zero-order valence-corrected chi connectivity index (χ0v) is 16.3. The van der Waals surface area contributed by atoms with Crippen LogP contribution < -0.4 is 14.8 Å². The van der Waals surface area contributed by atoms with Crippen molar-refractivity contribution in [1.29, 1.82) is 0 Å². The number of rotatable bonds is 9. The average molecular weight is 413 g/mol. The minimum Gasteiger partial charge on any atom is -0.495 e. The summed E-state index contributed by atoms with van der Waals surface area (Å²) in [4.78, 5) is 12.3. The number of ether oxygens (including phenoxy) is 1. The largest absolute Gasteiger partial charge is 0.495 e. The SMILES string of the molecule is COc1ccc(Cl)cc1S(=O)(=O)N[C@@H](Cc1ccccc1)C(=O)NCCO. The van der Waals surface area contributed by atoms with Gasteiger partial charge in [-0.05, 0) is 30.2 Å². The summed E-state index contributed by atoms with van der Waals surface area (Å²) in [6, 6.07) is 12.1. The van der Waals surface area contributed by atoms with E-state index in [-0.39, 0.29) is 35.2 Å². The fraction of sp³-hybridized carbons (Fsp3) is 0.278. The van der Waals surface area contributed by atoms with Crippen LogP contribution in [0.2, 0.25) is 5.02 Å². The van der Waals surface area contributed by atoms with Crippen molar-refractivity contribution in [1.82, 2.24) is 10.0 Å². The second kappa shape index (κ2) is 9.70. The van der Waals surface area contributed by atoms with Gasteiger partial charge in [-0.25, -0.2) is 8.42 Å². The van der Waals surface area contributed by atoms with Crippen molar-refractivity contribution in [2.75, 3.05) is 20.3 Å². The van der Waals surface area contributed by atoms with Crippen LogP contribution >= 0.6 is 11.6 Å². The molecule has 1 amide bonds. The predicted octanol–water partition coefficient (Wildman–Crippen LogP) is 1.35. The molecule has 0 saturated carbocycles. The Morgan fingerprint density at radius 2 is 1.93 bits per heavy atom. The zero-order valence-electron chi connectivity index (χ0n) is 14.7. The molecule has 0 aliphatic carbocycles. The molecule has 0 fully saturated rings. The molecule has 0 unspecified atom stereocenters. The van der Waals surface area contributed by atoms with Gasteiger partial charge in [-0.2, -0.15) is 4.72 Å². The molecule has 0 aromatic heterocycles. The molecule has 27 heavy (non-hydrogen) atoms. The van der Waals surface area contributed by atoms with E-state index in [2.05, 4.69) is 10.0 Å². The Hall–Kier alpha value is -2.13. The van der Waals surface area contributed by atoms with Crippen LogP contribution in [0.25, 0.3) is 0 Å². The third kappa shape index (κ3) is 5.93. The van der Waals surface area contributed by atoms with Gasteiger partial charge in [0.1, 0.15) is 16.7 Å². The lowest BCUT2D eigenvalue weighted by Crippen LogP contribution is -2.48. The number of aliphatic hydroxyl groups is 1. The van der Waals surface area contributed by atoms with Crippen molar-refractivity contribution < 1.29 is 23.1 Å². The number of nitrogens with one attached hydrogen (secondary N) is 2. The van der Waals surface area contributed by atoms with E-state index < -0.39 is 22.0 Å². The molecule has 0 aliphatic rings. The van der Waals surface area contributed by atoms with E-state index in [9.17, 15) is 13.2 Å². The molecule has 0 saturated heterocycles. The monoisotopic (exact) mass is 412 g/mol. The normalized spacial score (nSPS) is 12.4. The van der Waals surface area contributed by atoms with Gasteiger partial charge < -0.3 is 15.2 Å². The molecule has 1 atom stereocenters. The van der Waals surface area contributed by atoms with Crippen LogP contribution in [0.3, 0.4) is 0 Å². The lowest BCUT2D eigenvalue weighted by atomic mass is 10.1. The van der Waals surface area contributed by atoms with Crippen LogP contribution in [-0.4, -0.2) is 45.7 Å². The summed E-state index contributed by atoms with van der Waals surface area (Å²) in [6.45, 7) is -0.231. The fourth-order valence-electron chi connectivity index (χ4n) is 2.45. The first-order valence-corrected chi connectivity index (χ1v) is 10.0.